The average molecular weight is 466 g/mol. The number of hydrogen-bond donors (Lipinski definition) is 2. The topological polar surface area (TPSA) is 63.8 Å². The molecule has 34 heavy (non-hydrogen) atoms. The van der Waals surface area contributed by atoms with E-state index in [0.29, 0.717) is 12.0 Å². The minimum absolute atomic E-state index is 0.0520. The summed E-state index contributed by atoms with van der Waals surface area (Å²) in [6.45, 7) is 15.9. The van der Waals surface area contributed by atoms with Crippen molar-refractivity contribution in [3.05, 3.63) is 47.7 Å². The van der Waals surface area contributed by atoms with E-state index in [1.54, 1.807) is 0 Å². The molecule has 3 aliphatic rings. The Bertz CT molecular complexity index is 1020. The minimum Gasteiger partial charge on any atom is -0.379 e. The van der Waals surface area contributed by atoms with Gasteiger partial charge in [-0.25, -0.2) is 4.79 Å². The number of H-pyrrole nitrogens is 1. The number of piperidine rings is 1. The maximum atomic E-state index is 12.8. The van der Waals surface area contributed by atoms with E-state index in [9.17, 15) is 4.79 Å². The van der Waals surface area contributed by atoms with Crippen molar-refractivity contribution in [1.29, 1.82) is 0 Å². The molecule has 0 saturated carbocycles. The van der Waals surface area contributed by atoms with Gasteiger partial charge >= 0.3 is 6.03 Å². The van der Waals surface area contributed by atoms with Crippen LogP contribution in [0.4, 0.5) is 4.79 Å². The van der Waals surface area contributed by atoms with Crippen molar-refractivity contribution in [2.75, 3.05) is 52.5 Å². The summed E-state index contributed by atoms with van der Waals surface area (Å²) in [6, 6.07) is 7.34. The van der Waals surface area contributed by atoms with Gasteiger partial charge in [0.2, 0.25) is 0 Å². The first kappa shape index (κ1) is 23.4. The van der Waals surface area contributed by atoms with E-state index in [1.807, 2.05) is 24.8 Å². The molecule has 1 aliphatic carbocycles. The van der Waals surface area contributed by atoms with E-state index >= 15 is 0 Å². The van der Waals surface area contributed by atoms with Gasteiger partial charge in [0.1, 0.15) is 0 Å². The number of amides is 2. The number of ether oxygens (including phenoxy) is 1. The maximum absolute atomic E-state index is 12.8. The standard InChI is InChI=1S/C27H39N5O2/c1-4-10-32-17-19(28-27(33)31(5-2)6-3)15-21-20-8-7-9-23-26(20)22(16-25(21)32)24(29-23)18-30-11-13-34-14-12-30/h4,7-9,19,21,25,29H,1,5-6,10-18H2,2-3H3,(H,28,33)/t19-,21?,25+/m0/s1. The van der Waals surface area contributed by atoms with Gasteiger partial charge in [0, 0.05) is 80.4 Å². The SMILES string of the molecule is C=CCN1C[C@@H](NC(=O)N(CC)CC)CC2c3cccc4[nH]c(CN5CCOCC5)c(c34)C[C@H]21. The summed E-state index contributed by atoms with van der Waals surface area (Å²) in [7, 11) is 0. The van der Waals surface area contributed by atoms with E-state index in [1.165, 1.54) is 27.7 Å². The molecule has 2 amide bonds. The Morgan fingerprint density at radius 3 is 2.82 bits per heavy atom. The second-order valence-electron chi connectivity index (χ2n) is 9.92. The Labute approximate surface area is 203 Å². The highest BCUT2D eigenvalue weighted by Crippen LogP contribution is 2.44. The number of morpholine rings is 1. The lowest BCUT2D eigenvalue weighted by molar-refractivity contribution is 0.0335. The Morgan fingerprint density at radius 1 is 1.29 bits per heavy atom. The summed E-state index contributed by atoms with van der Waals surface area (Å²) in [4.78, 5) is 23.5. The molecule has 5 rings (SSSR count). The van der Waals surface area contributed by atoms with E-state index in [-0.39, 0.29) is 12.1 Å². The lowest BCUT2D eigenvalue weighted by Crippen LogP contribution is -2.57. The number of hydrogen-bond acceptors (Lipinski definition) is 4. The van der Waals surface area contributed by atoms with Crippen LogP contribution in [0.3, 0.4) is 0 Å². The molecule has 0 bridgehead atoms. The third kappa shape index (κ3) is 4.37. The minimum atomic E-state index is 0.0520. The molecule has 0 radical (unpaired) electrons. The van der Waals surface area contributed by atoms with Crippen molar-refractivity contribution < 1.29 is 9.53 Å². The molecule has 3 atom stereocenters. The van der Waals surface area contributed by atoms with Crippen molar-refractivity contribution in [2.45, 2.75) is 51.2 Å². The van der Waals surface area contributed by atoms with Crippen LogP contribution in [0, 0.1) is 0 Å². The normalized spacial score (nSPS) is 25.2. The van der Waals surface area contributed by atoms with E-state index in [4.69, 9.17) is 4.74 Å². The van der Waals surface area contributed by atoms with Crippen LogP contribution in [0.5, 0.6) is 0 Å². The van der Waals surface area contributed by atoms with Crippen LogP contribution in [0.15, 0.2) is 30.9 Å². The smallest absolute Gasteiger partial charge is 0.317 e. The second kappa shape index (κ2) is 10.1. The third-order valence-electron chi connectivity index (χ3n) is 8.02. The zero-order valence-corrected chi connectivity index (χ0v) is 20.7. The number of urea groups is 1. The quantitative estimate of drug-likeness (QED) is 0.616. The number of rotatable bonds is 7. The molecule has 2 N–H and O–H groups in total. The summed E-state index contributed by atoms with van der Waals surface area (Å²) in [6.07, 6.45) is 4.03. The number of benzene rings is 1. The number of nitrogens with zero attached hydrogens (tertiary/aromatic N) is 3. The molecule has 1 aromatic heterocycles. The van der Waals surface area contributed by atoms with Crippen LogP contribution in [0.2, 0.25) is 0 Å². The molecule has 184 valence electrons. The Balaban J connectivity index is 1.45. The van der Waals surface area contributed by atoms with Gasteiger partial charge in [-0.1, -0.05) is 18.2 Å². The van der Waals surface area contributed by atoms with Crippen molar-refractivity contribution in [1.82, 2.24) is 25.0 Å². The largest absolute Gasteiger partial charge is 0.379 e. The molecule has 2 saturated heterocycles. The van der Waals surface area contributed by atoms with Crippen molar-refractivity contribution >= 4 is 16.9 Å². The molecular weight excluding hydrogens is 426 g/mol. The fourth-order valence-electron chi connectivity index (χ4n) is 6.33. The fourth-order valence-corrected chi connectivity index (χ4v) is 6.33. The molecule has 2 aromatic rings. The molecule has 0 spiro atoms. The first-order valence-electron chi connectivity index (χ1n) is 13.0. The second-order valence-corrected chi connectivity index (χ2v) is 9.92. The maximum Gasteiger partial charge on any atom is 0.317 e. The summed E-state index contributed by atoms with van der Waals surface area (Å²) in [5.74, 6) is 0.402. The van der Waals surface area contributed by atoms with E-state index in [2.05, 4.69) is 44.9 Å². The number of likely N-dealkylation sites (tertiary alicyclic amines) is 1. The van der Waals surface area contributed by atoms with Gasteiger partial charge in [-0.15, -0.1) is 6.58 Å². The van der Waals surface area contributed by atoms with Gasteiger partial charge in [-0.2, -0.15) is 0 Å². The monoisotopic (exact) mass is 465 g/mol. The zero-order valence-electron chi connectivity index (χ0n) is 20.7. The average Bonchev–Trinajstić information content (AvgIpc) is 3.19. The number of fused-ring (bicyclic) bond motifs is 2. The first-order valence-corrected chi connectivity index (χ1v) is 13.0. The number of aromatic amines is 1. The van der Waals surface area contributed by atoms with Crippen LogP contribution in [-0.2, 0) is 17.7 Å². The molecule has 1 aromatic carbocycles. The molecule has 3 heterocycles. The zero-order chi connectivity index (χ0) is 23.7. The summed E-state index contributed by atoms with van der Waals surface area (Å²) < 4.78 is 5.56. The highest BCUT2D eigenvalue weighted by Gasteiger charge is 2.42. The predicted molar refractivity (Wildman–Crippen MR) is 136 cm³/mol. The highest BCUT2D eigenvalue weighted by atomic mass is 16.5. The van der Waals surface area contributed by atoms with Crippen molar-refractivity contribution in [3.8, 4) is 0 Å². The fraction of sp³-hybridized carbons (Fsp3) is 0.593. The third-order valence-corrected chi connectivity index (χ3v) is 8.02. The van der Waals surface area contributed by atoms with Gasteiger partial charge in [0.15, 0.2) is 0 Å². The van der Waals surface area contributed by atoms with Gasteiger partial charge < -0.3 is 19.9 Å². The number of nitrogens with one attached hydrogen (secondary N) is 2. The van der Waals surface area contributed by atoms with Crippen molar-refractivity contribution in [3.63, 3.8) is 0 Å². The number of aromatic nitrogens is 1. The van der Waals surface area contributed by atoms with Crippen LogP contribution in [0.1, 0.15) is 43.0 Å². The Kier molecular flexibility index (Phi) is 6.95. The lowest BCUT2D eigenvalue weighted by atomic mass is 9.73. The molecule has 2 aliphatic heterocycles. The molecular formula is C27H39N5O2. The summed E-state index contributed by atoms with van der Waals surface area (Å²) in [5.41, 5.74) is 5.53. The number of carbonyl (C=O) groups excluding carboxylic acids is 1. The van der Waals surface area contributed by atoms with Crippen LogP contribution >= 0.6 is 0 Å². The van der Waals surface area contributed by atoms with Gasteiger partial charge in [-0.05, 0) is 43.9 Å². The van der Waals surface area contributed by atoms with Crippen LogP contribution < -0.4 is 5.32 Å². The van der Waals surface area contributed by atoms with E-state index in [0.717, 1.165) is 71.9 Å². The summed E-state index contributed by atoms with van der Waals surface area (Å²) >= 11 is 0. The van der Waals surface area contributed by atoms with Crippen LogP contribution in [0.25, 0.3) is 10.9 Å². The Hall–Kier alpha value is -2.35. The van der Waals surface area contributed by atoms with Crippen molar-refractivity contribution in [2.24, 2.45) is 0 Å². The Morgan fingerprint density at radius 2 is 2.09 bits per heavy atom. The first-order chi connectivity index (χ1) is 16.6. The molecule has 2 fully saturated rings. The molecule has 7 heteroatoms. The summed E-state index contributed by atoms with van der Waals surface area (Å²) in [5, 5.41) is 4.76. The number of carbonyl (C=O) groups is 1. The highest BCUT2D eigenvalue weighted by molar-refractivity contribution is 5.89. The van der Waals surface area contributed by atoms with Gasteiger partial charge in [-0.3, -0.25) is 9.80 Å². The predicted octanol–water partition coefficient (Wildman–Crippen LogP) is 3.32. The van der Waals surface area contributed by atoms with E-state index < -0.39 is 0 Å². The lowest BCUT2D eigenvalue weighted by Gasteiger charge is -2.47. The molecule has 1 unspecified atom stereocenters. The van der Waals surface area contributed by atoms with Gasteiger partial charge in [0.25, 0.3) is 0 Å². The van der Waals surface area contributed by atoms with Crippen LogP contribution in [-0.4, -0.2) is 90.3 Å². The van der Waals surface area contributed by atoms with Gasteiger partial charge in [0.05, 0.1) is 13.2 Å². The molecule has 7 nitrogen and oxygen atoms in total.